The van der Waals surface area contributed by atoms with Gasteiger partial charge in [0.25, 0.3) is 5.91 Å². The van der Waals surface area contributed by atoms with Crippen molar-refractivity contribution in [3.63, 3.8) is 0 Å². The first-order valence-corrected chi connectivity index (χ1v) is 6.64. The smallest absolute Gasteiger partial charge is 0.251 e. The first-order valence-electron chi connectivity index (χ1n) is 4.81. The lowest BCUT2D eigenvalue weighted by molar-refractivity contribution is 0.0921. The fraction of sp³-hybridized carbons (Fsp3) is 0.364. The van der Waals surface area contributed by atoms with Gasteiger partial charge in [-0.05, 0) is 25.1 Å². The van der Waals surface area contributed by atoms with Crippen LogP contribution in [0.3, 0.4) is 0 Å². The molecule has 0 saturated carbocycles. The molecule has 0 atom stereocenters. The second-order valence-electron chi connectivity index (χ2n) is 3.91. The Morgan fingerprint density at radius 3 is 2.29 bits per heavy atom. The maximum absolute atomic E-state index is 11.9. The number of nitrogens with one attached hydrogen (secondary N) is 1. The lowest BCUT2D eigenvalue weighted by Gasteiger charge is -2.25. The summed E-state index contributed by atoms with van der Waals surface area (Å²) in [5, 5.41) is 3.49. The molecule has 1 rings (SSSR count). The van der Waals surface area contributed by atoms with Crippen LogP contribution in [0.4, 0.5) is 0 Å². The predicted octanol–water partition coefficient (Wildman–Crippen LogP) is 3.96. The molecule has 17 heavy (non-hydrogen) atoms. The Kier molecular flexibility index (Phi) is 5.39. The van der Waals surface area contributed by atoms with Crippen molar-refractivity contribution in [3.05, 3.63) is 33.8 Å². The van der Waals surface area contributed by atoms with Crippen molar-refractivity contribution < 1.29 is 4.79 Å². The van der Waals surface area contributed by atoms with Crippen molar-refractivity contribution >= 4 is 52.3 Å². The van der Waals surface area contributed by atoms with Crippen molar-refractivity contribution in [2.75, 3.05) is 11.8 Å². The Labute approximate surface area is 120 Å². The normalized spacial score (nSPS) is 11.4. The molecule has 2 nitrogen and oxygen atoms in total. The molecule has 0 spiro atoms. The van der Waals surface area contributed by atoms with Gasteiger partial charge >= 0.3 is 0 Å². The molecule has 0 aliphatic carbocycles. The summed E-state index contributed by atoms with van der Waals surface area (Å²) in [4.78, 5) is 11.9. The molecule has 0 saturated heterocycles. The van der Waals surface area contributed by atoms with Crippen LogP contribution in [0.25, 0.3) is 0 Å². The molecule has 6 heteroatoms. The minimum absolute atomic E-state index is 0.226. The summed E-state index contributed by atoms with van der Waals surface area (Å²) in [5.41, 5.74) is -0.229. The number of hydrogen-bond donors (Lipinski definition) is 1. The van der Waals surface area contributed by atoms with Crippen molar-refractivity contribution in [1.82, 2.24) is 5.32 Å². The highest BCUT2D eigenvalue weighted by atomic mass is 35.5. The van der Waals surface area contributed by atoms with Gasteiger partial charge in [0, 0.05) is 17.3 Å². The molecule has 0 aliphatic rings. The maximum Gasteiger partial charge on any atom is 0.251 e. The van der Waals surface area contributed by atoms with E-state index in [2.05, 4.69) is 5.32 Å². The number of hydrogen-bond acceptors (Lipinski definition) is 1. The number of benzene rings is 1. The Morgan fingerprint density at radius 2 is 1.82 bits per heavy atom. The van der Waals surface area contributed by atoms with Crippen LogP contribution in [0.1, 0.15) is 17.3 Å². The van der Waals surface area contributed by atoms with Gasteiger partial charge in [0.1, 0.15) is 0 Å². The van der Waals surface area contributed by atoms with Crippen molar-refractivity contribution in [3.8, 4) is 0 Å². The second kappa shape index (κ2) is 6.14. The monoisotopic (exact) mass is 313 g/mol. The number of alkyl halides is 2. The first kappa shape index (κ1) is 14.9. The summed E-state index contributed by atoms with van der Waals surface area (Å²) in [5.74, 6) is 0.167. The van der Waals surface area contributed by atoms with Crippen LogP contribution >= 0.6 is 46.4 Å². The van der Waals surface area contributed by atoms with Gasteiger partial charge in [0.05, 0.1) is 15.6 Å². The summed E-state index contributed by atoms with van der Waals surface area (Å²) in [6.45, 7) is 1.77. The van der Waals surface area contributed by atoms with E-state index in [1.807, 2.05) is 0 Å². The zero-order valence-electron chi connectivity index (χ0n) is 9.07. The van der Waals surface area contributed by atoms with E-state index in [1.54, 1.807) is 19.1 Å². The number of rotatable bonds is 4. The van der Waals surface area contributed by atoms with E-state index < -0.39 is 5.54 Å². The Balaban J connectivity index is 2.86. The zero-order valence-corrected chi connectivity index (χ0v) is 12.1. The van der Waals surface area contributed by atoms with Crippen LogP contribution in [-0.2, 0) is 0 Å². The highest BCUT2D eigenvalue weighted by molar-refractivity contribution is 6.42. The van der Waals surface area contributed by atoms with Crippen LogP contribution in [0.2, 0.25) is 10.0 Å². The van der Waals surface area contributed by atoms with E-state index in [9.17, 15) is 4.79 Å². The Hall–Kier alpha value is -0.150. The van der Waals surface area contributed by atoms with E-state index in [4.69, 9.17) is 46.4 Å². The van der Waals surface area contributed by atoms with Crippen molar-refractivity contribution in [1.29, 1.82) is 0 Å². The third kappa shape index (κ3) is 3.92. The fourth-order valence-corrected chi connectivity index (χ4v) is 1.80. The van der Waals surface area contributed by atoms with Crippen LogP contribution in [0.15, 0.2) is 18.2 Å². The molecule has 0 fully saturated rings. The minimum Gasteiger partial charge on any atom is -0.344 e. The third-order valence-electron chi connectivity index (χ3n) is 2.19. The number of halogens is 4. The molecule has 1 aromatic rings. The SMILES string of the molecule is CC(CCl)(CCl)NC(=O)c1ccc(Cl)c(Cl)c1. The van der Waals surface area contributed by atoms with Gasteiger partial charge in [-0.2, -0.15) is 0 Å². The first-order chi connectivity index (χ1) is 7.91. The minimum atomic E-state index is -0.647. The molecule has 0 aliphatic heterocycles. The summed E-state index contributed by atoms with van der Waals surface area (Å²) in [6, 6.07) is 4.66. The molecule has 0 unspecified atom stereocenters. The van der Waals surface area contributed by atoms with Gasteiger partial charge in [-0.15, -0.1) is 23.2 Å². The van der Waals surface area contributed by atoms with E-state index in [1.165, 1.54) is 6.07 Å². The highest BCUT2D eigenvalue weighted by Gasteiger charge is 2.25. The van der Waals surface area contributed by atoms with Crippen molar-refractivity contribution in [2.24, 2.45) is 0 Å². The quantitative estimate of drug-likeness (QED) is 0.837. The van der Waals surface area contributed by atoms with Gasteiger partial charge < -0.3 is 5.32 Å². The van der Waals surface area contributed by atoms with Crippen molar-refractivity contribution in [2.45, 2.75) is 12.5 Å². The lowest BCUT2D eigenvalue weighted by atomic mass is 10.1. The van der Waals surface area contributed by atoms with Gasteiger partial charge in [-0.1, -0.05) is 23.2 Å². The predicted molar refractivity (Wildman–Crippen MR) is 73.8 cm³/mol. The van der Waals surface area contributed by atoms with E-state index in [-0.39, 0.29) is 17.7 Å². The van der Waals surface area contributed by atoms with Crippen LogP contribution in [0, 0.1) is 0 Å². The Bertz CT molecular complexity index is 418. The maximum atomic E-state index is 11.9. The van der Waals surface area contributed by atoms with Gasteiger partial charge in [0.2, 0.25) is 0 Å². The van der Waals surface area contributed by atoms with E-state index in [0.29, 0.717) is 15.6 Å². The average molecular weight is 315 g/mol. The average Bonchev–Trinajstić information content (AvgIpc) is 2.32. The lowest BCUT2D eigenvalue weighted by Crippen LogP contribution is -2.49. The standard InChI is InChI=1S/C11H11Cl4NO/c1-11(5-12,6-13)16-10(17)7-2-3-8(14)9(15)4-7/h2-4H,5-6H2,1H3,(H,16,17). The molecule has 0 bridgehead atoms. The zero-order chi connectivity index (χ0) is 13.1. The Morgan fingerprint density at radius 1 is 1.24 bits per heavy atom. The summed E-state index contributed by atoms with van der Waals surface area (Å²) < 4.78 is 0. The molecule has 1 amide bonds. The largest absolute Gasteiger partial charge is 0.344 e. The molecular weight excluding hydrogens is 304 g/mol. The topological polar surface area (TPSA) is 29.1 Å². The third-order valence-corrected chi connectivity index (χ3v) is 4.11. The van der Waals surface area contributed by atoms with Crippen LogP contribution in [-0.4, -0.2) is 23.2 Å². The van der Waals surface area contributed by atoms with Gasteiger partial charge in [-0.25, -0.2) is 0 Å². The van der Waals surface area contributed by atoms with Gasteiger partial charge in [0.15, 0.2) is 0 Å². The summed E-state index contributed by atoms with van der Waals surface area (Å²) in [6.07, 6.45) is 0. The molecule has 0 radical (unpaired) electrons. The number of carbonyl (C=O) groups excluding carboxylic acids is 1. The molecule has 94 valence electrons. The van der Waals surface area contributed by atoms with E-state index in [0.717, 1.165) is 0 Å². The van der Waals surface area contributed by atoms with Crippen LogP contribution in [0.5, 0.6) is 0 Å². The number of amides is 1. The summed E-state index contributed by atoms with van der Waals surface area (Å²) >= 11 is 23.1. The fourth-order valence-electron chi connectivity index (χ4n) is 1.09. The molecule has 1 aromatic carbocycles. The molecular formula is C11H11Cl4NO. The molecule has 0 aromatic heterocycles. The van der Waals surface area contributed by atoms with Crippen LogP contribution < -0.4 is 5.32 Å². The van der Waals surface area contributed by atoms with E-state index >= 15 is 0 Å². The molecule has 1 N–H and O–H groups in total. The number of carbonyl (C=O) groups is 1. The highest BCUT2D eigenvalue weighted by Crippen LogP contribution is 2.23. The second-order valence-corrected chi connectivity index (χ2v) is 5.26. The van der Waals surface area contributed by atoms with Gasteiger partial charge in [-0.3, -0.25) is 4.79 Å². The summed E-state index contributed by atoms with van der Waals surface area (Å²) in [7, 11) is 0. The molecule has 0 heterocycles.